The van der Waals surface area contributed by atoms with Gasteiger partial charge in [0, 0.05) is 0 Å². The Balaban J connectivity index is 5.25. The Morgan fingerprint density at radius 2 is 1.76 bits per heavy atom. The largest absolute Gasteiger partial charge is 0.464 e. The van der Waals surface area contributed by atoms with Crippen LogP contribution in [0.2, 0.25) is 0 Å². The van der Waals surface area contributed by atoms with E-state index in [2.05, 4.69) is 11.2 Å². The highest BCUT2D eigenvalue weighted by molar-refractivity contribution is 6.06. The third kappa shape index (κ3) is 3.48. The molecule has 0 fully saturated rings. The summed E-state index contributed by atoms with van der Waals surface area (Å²) in [6.45, 7) is 3.27. The topological polar surface area (TPSA) is 81.7 Å². The summed E-state index contributed by atoms with van der Waals surface area (Å²) in [7, 11) is 0. The lowest BCUT2D eigenvalue weighted by Gasteiger charge is -2.26. The van der Waals surface area contributed by atoms with Gasteiger partial charge in [0.15, 0.2) is 0 Å². The van der Waals surface area contributed by atoms with Crippen molar-refractivity contribution in [2.75, 3.05) is 13.2 Å². The number of amides is 1. The van der Waals surface area contributed by atoms with Gasteiger partial charge in [0.2, 0.25) is 11.9 Å². The van der Waals surface area contributed by atoms with Crippen LogP contribution in [0.1, 0.15) is 20.3 Å². The SMILES string of the molecule is C#CCC(NC=O)(C(=O)OCC)C(=O)OCC. The van der Waals surface area contributed by atoms with Crippen LogP contribution in [-0.2, 0) is 23.9 Å². The number of carbonyl (C=O) groups excluding carboxylic acids is 3. The van der Waals surface area contributed by atoms with Crippen LogP contribution in [-0.4, -0.2) is 37.1 Å². The molecule has 0 aromatic rings. The first kappa shape index (κ1) is 15.0. The molecule has 1 amide bonds. The van der Waals surface area contributed by atoms with E-state index in [1.54, 1.807) is 13.8 Å². The summed E-state index contributed by atoms with van der Waals surface area (Å²) in [5.41, 5.74) is -1.96. The molecule has 0 radical (unpaired) electrons. The van der Waals surface area contributed by atoms with Gasteiger partial charge in [-0.05, 0) is 13.8 Å². The zero-order valence-corrected chi connectivity index (χ0v) is 9.82. The second kappa shape index (κ2) is 7.28. The van der Waals surface area contributed by atoms with Gasteiger partial charge in [-0.2, -0.15) is 0 Å². The zero-order chi connectivity index (χ0) is 13.3. The van der Waals surface area contributed by atoms with Gasteiger partial charge in [0.05, 0.1) is 19.6 Å². The number of ether oxygens (including phenoxy) is 2. The molecule has 6 nitrogen and oxygen atoms in total. The molecule has 0 saturated carbocycles. The van der Waals surface area contributed by atoms with Crippen LogP contribution in [0.4, 0.5) is 0 Å². The number of hydrogen-bond acceptors (Lipinski definition) is 5. The standard InChI is InChI=1S/C11H15NO5/c1-4-7-11(12-8-13,9(14)16-5-2)10(15)17-6-3/h1,8H,5-7H2,2-3H3,(H,12,13). The monoisotopic (exact) mass is 241 g/mol. The highest BCUT2D eigenvalue weighted by Gasteiger charge is 2.48. The Hall–Kier alpha value is -2.03. The number of terminal acetylenes is 1. The molecule has 0 saturated heterocycles. The summed E-state index contributed by atoms with van der Waals surface area (Å²) in [6, 6.07) is 0. The summed E-state index contributed by atoms with van der Waals surface area (Å²) in [6.07, 6.45) is 4.97. The third-order valence-corrected chi connectivity index (χ3v) is 1.92. The Labute approximate surface area is 99.6 Å². The zero-order valence-electron chi connectivity index (χ0n) is 9.82. The van der Waals surface area contributed by atoms with Gasteiger partial charge in [-0.1, -0.05) is 0 Å². The van der Waals surface area contributed by atoms with E-state index in [-0.39, 0.29) is 26.0 Å². The van der Waals surface area contributed by atoms with Crippen LogP contribution in [0.25, 0.3) is 0 Å². The van der Waals surface area contributed by atoms with Crippen molar-refractivity contribution in [1.29, 1.82) is 0 Å². The van der Waals surface area contributed by atoms with Crippen LogP contribution in [0.5, 0.6) is 0 Å². The second-order valence-corrected chi connectivity index (χ2v) is 2.99. The van der Waals surface area contributed by atoms with Crippen LogP contribution in [0.15, 0.2) is 0 Å². The molecule has 0 spiro atoms. The van der Waals surface area contributed by atoms with E-state index in [1.165, 1.54) is 0 Å². The molecular weight excluding hydrogens is 226 g/mol. The van der Waals surface area contributed by atoms with Crippen LogP contribution in [0, 0.1) is 12.3 Å². The lowest BCUT2D eigenvalue weighted by molar-refractivity contribution is -0.166. The molecule has 0 unspecified atom stereocenters. The molecule has 0 heterocycles. The first-order chi connectivity index (χ1) is 8.08. The summed E-state index contributed by atoms with van der Waals surface area (Å²) in [4.78, 5) is 34.0. The van der Waals surface area contributed by atoms with Crippen molar-refractivity contribution in [1.82, 2.24) is 5.32 Å². The van der Waals surface area contributed by atoms with Crippen LogP contribution >= 0.6 is 0 Å². The molecular formula is C11H15NO5. The minimum absolute atomic E-state index is 0.0606. The summed E-state index contributed by atoms with van der Waals surface area (Å²) >= 11 is 0. The molecule has 0 aliphatic rings. The average molecular weight is 241 g/mol. The van der Waals surface area contributed by atoms with E-state index >= 15 is 0 Å². The molecule has 94 valence electrons. The van der Waals surface area contributed by atoms with Crippen molar-refractivity contribution in [3.8, 4) is 12.3 Å². The first-order valence-corrected chi connectivity index (χ1v) is 5.08. The molecule has 0 bridgehead atoms. The predicted octanol–water partition coefficient (Wildman–Crippen LogP) is -0.379. The van der Waals surface area contributed by atoms with Gasteiger partial charge in [-0.25, -0.2) is 9.59 Å². The van der Waals surface area contributed by atoms with Gasteiger partial charge in [-0.3, -0.25) is 4.79 Å². The van der Waals surface area contributed by atoms with Crippen molar-refractivity contribution >= 4 is 18.3 Å². The van der Waals surface area contributed by atoms with E-state index < -0.39 is 17.5 Å². The Morgan fingerprint density at radius 3 is 2.06 bits per heavy atom. The predicted molar refractivity (Wildman–Crippen MR) is 58.6 cm³/mol. The molecule has 17 heavy (non-hydrogen) atoms. The van der Waals surface area contributed by atoms with Gasteiger partial charge >= 0.3 is 11.9 Å². The average Bonchev–Trinajstić information content (AvgIpc) is 2.29. The van der Waals surface area contributed by atoms with Crippen molar-refractivity contribution in [2.24, 2.45) is 0 Å². The fourth-order valence-corrected chi connectivity index (χ4v) is 1.16. The normalized spacial score (nSPS) is 9.94. The fraction of sp³-hybridized carbons (Fsp3) is 0.545. The Kier molecular flexibility index (Phi) is 6.41. The fourth-order valence-electron chi connectivity index (χ4n) is 1.16. The minimum atomic E-state index is -1.96. The van der Waals surface area contributed by atoms with Crippen LogP contribution < -0.4 is 5.32 Å². The Morgan fingerprint density at radius 1 is 1.29 bits per heavy atom. The summed E-state index contributed by atoms with van der Waals surface area (Å²) < 4.78 is 9.45. The second-order valence-electron chi connectivity index (χ2n) is 2.99. The third-order valence-electron chi connectivity index (χ3n) is 1.92. The van der Waals surface area contributed by atoms with Crippen molar-refractivity contribution in [3.05, 3.63) is 0 Å². The van der Waals surface area contributed by atoms with Crippen molar-refractivity contribution in [2.45, 2.75) is 25.8 Å². The smallest absolute Gasteiger partial charge is 0.344 e. The van der Waals surface area contributed by atoms with E-state index in [1.807, 2.05) is 0 Å². The maximum Gasteiger partial charge on any atom is 0.344 e. The van der Waals surface area contributed by atoms with Crippen LogP contribution in [0.3, 0.4) is 0 Å². The highest BCUT2D eigenvalue weighted by Crippen LogP contribution is 2.15. The van der Waals surface area contributed by atoms with Crippen molar-refractivity contribution in [3.63, 3.8) is 0 Å². The number of nitrogens with one attached hydrogen (secondary N) is 1. The van der Waals surface area contributed by atoms with Gasteiger partial charge in [0.25, 0.3) is 0 Å². The van der Waals surface area contributed by atoms with E-state index in [9.17, 15) is 14.4 Å². The first-order valence-electron chi connectivity index (χ1n) is 5.08. The molecule has 0 aromatic carbocycles. The Bertz CT molecular complexity index is 313. The molecule has 0 aliphatic heterocycles. The maximum atomic E-state index is 11.7. The van der Waals surface area contributed by atoms with Gasteiger partial charge in [0.1, 0.15) is 0 Å². The van der Waals surface area contributed by atoms with E-state index in [4.69, 9.17) is 15.9 Å². The molecule has 0 rings (SSSR count). The molecule has 0 aliphatic carbocycles. The summed E-state index contributed by atoms with van der Waals surface area (Å²) in [5.74, 6) is 0.294. The lowest BCUT2D eigenvalue weighted by atomic mass is 9.96. The molecule has 1 N–H and O–H groups in total. The molecule has 6 heteroatoms. The van der Waals surface area contributed by atoms with Crippen molar-refractivity contribution < 1.29 is 23.9 Å². The highest BCUT2D eigenvalue weighted by atomic mass is 16.6. The van der Waals surface area contributed by atoms with Gasteiger partial charge in [-0.15, -0.1) is 12.3 Å². The quantitative estimate of drug-likeness (QED) is 0.284. The van der Waals surface area contributed by atoms with Gasteiger partial charge < -0.3 is 14.8 Å². The lowest BCUT2D eigenvalue weighted by Crippen LogP contribution is -2.59. The molecule has 0 atom stereocenters. The number of rotatable bonds is 7. The van der Waals surface area contributed by atoms with E-state index in [0.29, 0.717) is 0 Å². The number of esters is 2. The minimum Gasteiger partial charge on any atom is -0.464 e. The maximum absolute atomic E-state index is 11.7. The number of hydrogen-bond donors (Lipinski definition) is 1. The number of carbonyl (C=O) groups is 3. The van der Waals surface area contributed by atoms with E-state index in [0.717, 1.165) is 0 Å². The summed E-state index contributed by atoms with van der Waals surface area (Å²) in [5, 5.41) is 2.09. The molecule has 0 aromatic heterocycles.